The lowest BCUT2D eigenvalue weighted by Gasteiger charge is -2.11. The van der Waals surface area contributed by atoms with Crippen LogP contribution in [0.3, 0.4) is 0 Å². The summed E-state index contributed by atoms with van der Waals surface area (Å²) in [5, 5.41) is 0. The molecule has 1 aromatic heterocycles. The van der Waals surface area contributed by atoms with Crippen LogP contribution in [0.1, 0.15) is 63.5 Å². The molecule has 0 bridgehead atoms. The molecule has 1 fully saturated rings. The molecular formula is C22H27NO5. The van der Waals surface area contributed by atoms with Gasteiger partial charge < -0.3 is 18.8 Å². The second-order valence-corrected chi connectivity index (χ2v) is 7.05. The van der Waals surface area contributed by atoms with Crippen LogP contribution in [0, 0.1) is 13.8 Å². The fraction of sp³-hybridized carbons (Fsp3) is 0.455. The van der Waals surface area contributed by atoms with Crippen LogP contribution in [0.15, 0.2) is 24.3 Å². The average molecular weight is 385 g/mol. The molecule has 0 radical (unpaired) electrons. The van der Waals surface area contributed by atoms with Crippen LogP contribution < -0.4 is 4.74 Å². The summed E-state index contributed by atoms with van der Waals surface area (Å²) >= 11 is 0. The Bertz CT molecular complexity index is 879. The fourth-order valence-corrected chi connectivity index (χ4v) is 3.48. The van der Waals surface area contributed by atoms with E-state index in [1.165, 1.54) is 0 Å². The number of rotatable bonds is 9. The molecule has 1 aromatic carbocycles. The van der Waals surface area contributed by atoms with Crippen LogP contribution >= 0.6 is 0 Å². The Balaban J connectivity index is 1.67. The predicted molar refractivity (Wildman–Crippen MR) is 105 cm³/mol. The van der Waals surface area contributed by atoms with Crippen LogP contribution in [0.2, 0.25) is 0 Å². The minimum Gasteiger partial charge on any atom is -0.496 e. The highest BCUT2D eigenvalue weighted by molar-refractivity contribution is 6.00. The molecule has 150 valence electrons. The van der Waals surface area contributed by atoms with Crippen molar-refractivity contribution in [2.75, 3.05) is 20.3 Å². The summed E-state index contributed by atoms with van der Waals surface area (Å²) in [6.45, 7) is 6.48. The number of hydrogen-bond donors (Lipinski definition) is 0. The molecule has 0 amide bonds. The predicted octanol–water partition coefficient (Wildman–Crippen LogP) is 4.02. The molecule has 0 aliphatic heterocycles. The minimum atomic E-state index is -0.537. The number of methoxy groups -OCH3 is 1. The van der Waals surface area contributed by atoms with Gasteiger partial charge in [-0.3, -0.25) is 4.79 Å². The zero-order chi connectivity index (χ0) is 20.3. The van der Waals surface area contributed by atoms with Gasteiger partial charge in [-0.15, -0.1) is 0 Å². The zero-order valence-electron chi connectivity index (χ0n) is 16.9. The van der Waals surface area contributed by atoms with Crippen molar-refractivity contribution >= 4 is 11.8 Å². The summed E-state index contributed by atoms with van der Waals surface area (Å²) in [4.78, 5) is 25.0. The fourth-order valence-electron chi connectivity index (χ4n) is 3.48. The first kappa shape index (κ1) is 20.1. The first-order chi connectivity index (χ1) is 13.5. The van der Waals surface area contributed by atoms with E-state index in [1.54, 1.807) is 25.3 Å². The Morgan fingerprint density at radius 2 is 1.93 bits per heavy atom. The van der Waals surface area contributed by atoms with Crippen molar-refractivity contribution in [3.8, 4) is 5.75 Å². The van der Waals surface area contributed by atoms with Crippen molar-refractivity contribution < 1.29 is 23.8 Å². The molecular weight excluding hydrogens is 358 g/mol. The number of Topliss-reactive ketones (excluding diaryl/α,β-unsaturated/α-hetero) is 1. The van der Waals surface area contributed by atoms with E-state index in [1.807, 2.05) is 26.8 Å². The number of esters is 1. The molecule has 1 aliphatic rings. The van der Waals surface area contributed by atoms with Crippen LogP contribution in [-0.4, -0.2) is 36.6 Å². The van der Waals surface area contributed by atoms with Gasteiger partial charge in [-0.2, -0.15) is 0 Å². The molecule has 28 heavy (non-hydrogen) atoms. The van der Waals surface area contributed by atoms with E-state index >= 15 is 0 Å². The van der Waals surface area contributed by atoms with E-state index in [0.717, 1.165) is 29.8 Å². The lowest BCUT2D eigenvalue weighted by molar-refractivity contribution is 0.0474. The molecule has 6 nitrogen and oxygen atoms in total. The largest absolute Gasteiger partial charge is 0.496 e. The van der Waals surface area contributed by atoms with Crippen molar-refractivity contribution in [3.05, 3.63) is 52.3 Å². The van der Waals surface area contributed by atoms with Crippen LogP contribution in [0.25, 0.3) is 0 Å². The van der Waals surface area contributed by atoms with Crippen LogP contribution in [0.5, 0.6) is 5.75 Å². The first-order valence-electron chi connectivity index (χ1n) is 9.59. The average Bonchev–Trinajstić information content (AvgIpc) is 3.48. The zero-order valence-corrected chi connectivity index (χ0v) is 16.9. The summed E-state index contributed by atoms with van der Waals surface area (Å²) in [5.74, 6) is -0.0743. The molecule has 0 N–H and O–H groups in total. The lowest BCUT2D eigenvalue weighted by atomic mass is 10.1. The van der Waals surface area contributed by atoms with Gasteiger partial charge in [0.2, 0.25) is 5.78 Å². The van der Waals surface area contributed by atoms with E-state index in [4.69, 9.17) is 14.2 Å². The molecule has 1 saturated carbocycles. The third-order valence-electron chi connectivity index (χ3n) is 5.01. The summed E-state index contributed by atoms with van der Waals surface area (Å²) in [5.41, 5.74) is 3.78. The molecule has 0 atom stereocenters. The maximum atomic E-state index is 12.6. The van der Waals surface area contributed by atoms with Crippen LogP contribution in [0.4, 0.5) is 0 Å². The van der Waals surface area contributed by atoms with E-state index < -0.39 is 5.97 Å². The number of nitrogens with zero attached hydrogens (tertiary/aromatic N) is 1. The molecule has 0 unspecified atom stereocenters. The van der Waals surface area contributed by atoms with Crippen molar-refractivity contribution in [3.63, 3.8) is 0 Å². The lowest BCUT2D eigenvalue weighted by Crippen LogP contribution is -2.15. The van der Waals surface area contributed by atoms with Gasteiger partial charge in [0.1, 0.15) is 5.75 Å². The van der Waals surface area contributed by atoms with Gasteiger partial charge in [0.15, 0.2) is 6.61 Å². The van der Waals surface area contributed by atoms with Gasteiger partial charge in [-0.25, -0.2) is 4.79 Å². The van der Waals surface area contributed by atoms with Gasteiger partial charge >= 0.3 is 5.97 Å². The number of ether oxygens (including phenoxy) is 3. The molecule has 6 heteroatoms. The second kappa shape index (κ2) is 8.61. The Labute approximate surface area is 165 Å². The maximum Gasteiger partial charge on any atom is 0.338 e. The summed E-state index contributed by atoms with van der Waals surface area (Å²) < 4.78 is 18.2. The van der Waals surface area contributed by atoms with Gasteiger partial charge in [0, 0.05) is 35.2 Å². The van der Waals surface area contributed by atoms with Crippen molar-refractivity contribution in [1.29, 1.82) is 0 Å². The third-order valence-corrected chi connectivity index (χ3v) is 5.01. The highest BCUT2D eigenvalue weighted by Crippen LogP contribution is 2.38. The van der Waals surface area contributed by atoms with Gasteiger partial charge in [0.05, 0.1) is 19.3 Å². The SMILES string of the molecule is CCOCc1cc(C(=O)OCC(=O)c2cc(C)n(C3CC3)c2C)ccc1OC. The number of ketones is 1. The number of benzene rings is 1. The van der Waals surface area contributed by atoms with Crippen molar-refractivity contribution in [2.24, 2.45) is 0 Å². The van der Waals surface area contributed by atoms with Gasteiger partial charge in [-0.1, -0.05) is 0 Å². The normalized spacial score (nSPS) is 13.4. The van der Waals surface area contributed by atoms with Crippen LogP contribution in [-0.2, 0) is 16.1 Å². The number of aryl methyl sites for hydroxylation is 1. The molecule has 2 aromatic rings. The molecule has 1 aliphatic carbocycles. The minimum absolute atomic E-state index is 0.184. The highest BCUT2D eigenvalue weighted by atomic mass is 16.5. The van der Waals surface area contributed by atoms with Gasteiger partial charge in [-0.05, 0) is 57.9 Å². The quantitative estimate of drug-likeness (QED) is 0.482. The topological polar surface area (TPSA) is 66.8 Å². The molecule has 0 spiro atoms. The van der Waals surface area contributed by atoms with E-state index in [0.29, 0.717) is 36.1 Å². The Kier molecular flexibility index (Phi) is 6.19. The highest BCUT2D eigenvalue weighted by Gasteiger charge is 2.28. The maximum absolute atomic E-state index is 12.6. The van der Waals surface area contributed by atoms with Crippen molar-refractivity contribution in [2.45, 2.75) is 46.3 Å². The first-order valence-corrected chi connectivity index (χ1v) is 9.59. The molecule has 0 saturated heterocycles. The van der Waals surface area contributed by atoms with E-state index in [9.17, 15) is 9.59 Å². The van der Waals surface area contributed by atoms with Gasteiger partial charge in [0.25, 0.3) is 0 Å². The standard InChI is InChI=1S/C22H27NO5/c1-5-27-12-17-11-16(6-9-21(17)26-4)22(25)28-13-20(24)19-10-14(2)23(15(19)3)18-7-8-18/h6,9-11,18H,5,7-8,12-13H2,1-4H3. The van der Waals surface area contributed by atoms with E-state index in [-0.39, 0.29) is 12.4 Å². The number of aromatic nitrogens is 1. The number of carbonyl (C=O) groups is 2. The number of carbonyl (C=O) groups excluding carboxylic acids is 2. The molecule has 1 heterocycles. The summed E-state index contributed by atoms with van der Waals surface area (Å²) in [6, 6.07) is 7.40. The Morgan fingerprint density at radius 3 is 2.57 bits per heavy atom. The monoisotopic (exact) mass is 385 g/mol. The number of hydrogen-bond acceptors (Lipinski definition) is 5. The third kappa shape index (κ3) is 4.28. The summed E-state index contributed by atoms with van der Waals surface area (Å²) in [6.07, 6.45) is 2.31. The Hall–Kier alpha value is -2.60. The summed E-state index contributed by atoms with van der Waals surface area (Å²) in [7, 11) is 1.57. The second-order valence-electron chi connectivity index (χ2n) is 7.05. The Morgan fingerprint density at radius 1 is 1.18 bits per heavy atom. The van der Waals surface area contributed by atoms with E-state index in [2.05, 4.69) is 4.57 Å². The van der Waals surface area contributed by atoms with Crippen molar-refractivity contribution in [1.82, 2.24) is 4.57 Å². The molecule has 3 rings (SSSR count). The smallest absolute Gasteiger partial charge is 0.338 e.